The summed E-state index contributed by atoms with van der Waals surface area (Å²) in [6.45, 7) is 0. The second kappa shape index (κ2) is 8.48. The summed E-state index contributed by atoms with van der Waals surface area (Å²) in [5.74, 6) is -2.00. The van der Waals surface area contributed by atoms with E-state index < -0.39 is 28.9 Å². The summed E-state index contributed by atoms with van der Waals surface area (Å²) in [5.41, 5.74) is 13.1. The Balaban J connectivity index is 1.25. The van der Waals surface area contributed by atoms with Crippen LogP contribution in [0, 0.1) is 23.0 Å². The van der Waals surface area contributed by atoms with Gasteiger partial charge in [-0.15, -0.1) is 0 Å². The van der Waals surface area contributed by atoms with Gasteiger partial charge in [0.05, 0.1) is 11.9 Å². The van der Waals surface area contributed by atoms with E-state index in [1.165, 1.54) is 5.56 Å². The van der Waals surface area contributed by atoms with Gasteiger partial charge in [0.1, 0.15) is 17.0 Å². The van der Waals surface area contributed by atoms with Crippen LogP contribution in [0.15, 0.2) is 42.5 Å². The van der Waals surface area contributed by atoms with Crippen molar-refractivity contribution in [1.82, 2.24) is 10.9 Å². The molecular formula is C24H27F2N5O2. The first kappa shape index (κ1) is 21.9. The number of halogens is 2. The van der Waals surface area contributed by atoms with E-state index in [9.17, 15) is 18.4 Å². The number of carbonyl (C=O) groups excluding carboxylic acids is 2. The van der Waals surface area contributed by atoms with E-state index in [2.05, 4.69) is 21.5 Å². The largest absolute Gasteiger partial charge is 0.325 e. The van der Waals surface area contributed by atoms with Crippen molar-refractivity contribution in [1.29, 1.82) is 0 Å². The Kier molecular flexibility index (Phi) is 5.64. The lowest BCUT2D eigenvalue weighted by Gasteiger charge is -2.34. The first-order valence-corrected chi connectivity index (χ1v) is 11.3. The molecule has 7 nitrogen and oxygen atoms in total. The maximum Gasteiger partial charge on any atom is 0.240 e. The van der Waals surface area contributed by atoms with Crippen molar-refractivity contribution < 1.29 is 18.4 Å². The molecule has 33 heavy (non-hydrogen) atoms. The lowest BCUT2D eigenvalue weighted by atomic mass is 9.72. The Morgan fingerprint density at radius 1 is 0.970 bits per heavy atom. The van der Waals surface area contributed by atoms with Crippen molar-refractivity contribution in [3.05, 3.63) is 59.7 Å². The van der Waals surface area contributed by atoms with Gasteiger partial charge in [-0.1, -0.05) is 18.6 Å². The molecule has 2 aromatic rings. The zero-order valence-corrected chi connectivity index (χ0v) is 18.0. The van der Waals surface area contributed by atoms with Crippen LogP contribution in [0.4, 0.5) is 20.2 Å². The summed E-state index contributed by atoms with van der Waals surface area (Å²) < 4.78 is 27.0. The predicted octanol–water partition coefficient (Wildman–Crippen LogP) is 2.97. The normalized spacial score (nSPS) is 27.5. The van der Waals surface area contributed by atoms with Crippen LogP contribution in [-0.4, -0.2) is 24.0 Å². The van der Waals surface area contributed by atoms with Gasteiger partial charge in [0.15, 0.2) is 0 Å². The molecule has 2 amide bonds. The predicted molar refractivity (Wildman–Crippen MR) is 120 cm³/mol. The van der Waals surface area contributed by atoms with Gasteiger partial charge in [-0.05, 0) is 61.4 Å². The van der Waals surface area contributed by atoms with Crippen molar-refractivity contribution in [3.63, 3.8) is 0 Å². The van der Waals surface area contributed by atoms with E-state index in [4.69, 9.17) is 5.73 Å². The third-order valence-electron chi connectivity index (χ3n) is 7.20. The highest BCUT2D eigenvalue weighted by Crippen LogP contribution is 2.48. The number of rotatable bonds is 5. The molecule has 0 bridgehead atoms. The molecule has 1 aliphatic heterocycles. The van der Waals surface area contributed by atoms with E-state index in [-0.39, 0.29) is 11.9 Å². The summed E-state index contributed by atoms with van der Waals surface area (Å²) in [5, 5.41) is 5.24. The fourth-order valence-corrected chi connectivity index (χ4v) is 5.16. The van der Waals surface area contributed by atoms with E-state index in [1.807, 2.05) is 24.3 Å². The smallest absolute Gasteiger partial charge is 0.240 e. The van der Waals surface area contributed by atoms with E-state index >= 15 is 0 Å². The number of hydrogen-bond acceptors (Lipinski definition) is 5. The molecule has 6 N–H and O–H groups in total. The van der Waals surface area contributed by atoms with E-state index in [1.54, 1.807) is 0 Å². The topological polar surface area (TPSA) is 108 Å². The lowest BCUT2D eigenvalue weighted by Crippen LogP contribution is -2.41. The molecule has 4 unspecified atom stereocenters. The first-order valence-electron chi connectivity index (χ1n) is 11.3. The summed E-state index contributed by atoms with van der Waals surface area (Å²) in [6, 6.07) is 10.9. The van der Waals surface area contributed by atoms with Crippen LogP contribution in [0.1, 0.15) is 43.6 Å². The van der Waals surface area contributed by atoms with Crippen LogP contribution in [0.3, 0.4) is 0 Å². The number of carbonyl (C=O) groups is 2. The van der Waals surface area contributed by atoms with Crippen molar-refractivity contribution >= 4 is 23.2 Å². The number of fused-ring (bicyclic) bond motifs is 1. The highest BCUT2D eigenvalue weighted by Gasteiger charge is 2.56. The van der Waals surface area contributed by atoms with Gasteiger partial charge in [0, 0.05) is 23.7 Å². The lowest BCUT2D eigenvalue weighted by molar-refractivity contribution is -0.131. The standard InChI is InChI=1S/C24H27F2N5O2/c25-14-6-9-18(17(26)12-14)29-23(33)24(10-11-24)22(32)28-15-7-4-13(5-8-15)16-2-1-3-19-20(16)21(27)31-30-19/h4-9,12,16,19-21,30-31H,1-3,10-11,27H2,(H,28,32)(H,29,33). The van der Waals surface area contributed by atoms with Crippen molar-refractivity contribution in [2.24, 2.45) is 17.1 Å². The van der Waals surface area contributed by atoms with Gasteiger partial charge < -0.3 is 16.4 Å². The van der Waals surface area contributed by atoms with Crippen molar-refractivity contribution in [2.45, 2.75) is 50.2 Å². The minimum absolute atomic E-state index is 0.0983. The van der Waals surface area contributed by atoms with Crippen LogP contribution in [0.25, 0.3) is 0 Å². The molecule has 3 aliphatic rings. The van der Waals surface area contributed by atoms with Gasteiger partial charge in [-0.3, -0.25) is 15.0 Å². The van der Waals surface area contributed by atoms with Crippen LogP contribution in [0.5, 0.6) is 0 Å². The number of amides is 2. The van der Waals surface area contributed by atoms with E-state index in [0.29, 0.717) is 42.5 Å². The second-order valence-electron chi connectivity index (χ2n) is 9.27. The fraction of sp³-hybridized carbons (Fsp3) is 0.417. The van der Waals surface area contributed by atoms with E-state index in [0.717, 1.165) is 31.4 Å². The van der Waals surface area contributed by atoms with Gasteiger partial charge in [-0.2, -0.15) is 0 Å². The molecule has 4 atom stereocenters. The zero-order valence-electron chi connectivity index (χ0n) is 18.0. The summed E-state index contributed by atoms with van der Waals surface area (Å²) in [7, 11) is 0. The molecule has 174 valence electrons. The Bertz CT molecular complexity index is 1070. The number of hydrazine groups is 1. The van der Waals surface area contributed by atoms with Gasteiger partial charge >= 0.3 is 0 Å². The molecule has 2 saturated carbocycles. The van der Waals surface area contributed by atoms with Crippen LogP contribution in [0.2, 0.25) is 0 Å². The Morgan fingerprint density at radius 3 is 2.39 bits per heavy atom. The molecule has 0 spiro atoms. The highest BCUT2D eigenvalue weighted by atomic mass is 19.1. The maximum absolute atomic E-state index is 13.9. The number of benzene rings is 2. The Hall–Kier alpha value is -2.88. The SMILES string of the molecule is NC1NNC2CCCC(c3ccc(NC(=O)C4(C(=O)Nc5ccc(F)cc5F)CC4)cc3)C12. The van der Waals surface area contributed by atoms with Crippen molar-refractivity contribution in [2.75, 3.05) is 10.6 Å². The van der Waals surface area contributed by atoms with Crippen LogP contribution >= 0.6 is 0 Å². The molecule has 2 aromatic carbocycles. The zero-order chi connectivity index (χ0) is 23.2. The van der Waals surface area contributed by atoms with Gasteiger partial charge in [0.25, 0.3) is 0 Å². The average molecular weight is 456 g/mol. The Labute approximate surface area is 190 Å². The van der Waals surface area contributed by atoms with Crippen molar-refractivity contribution in [3.8, 4) is 0 Å². The van der Waals surface area contributed by atoms with Gasteiger partial charge in [-0.25, -0.2) is 14.2 Å². The second-order valence-corrected chi connectivity index (χ2v) is 9.27. The number of hydrogen-bond donors (Lipinski definition) is 5. The molecule has 1 heterocycles. The van der Waals surface area contributed by atoms with Crippen LogP contribution < -0.4 is 27.2 Å². The third kappa shape index (κ3) is 4.12. The minimum atomic E-state index is -1.25. The highest BCUT2D eigenvalue weighted by molar-refractivity contribution is 6.16. The minimum Gasteiger partial charge on any atom is -0.325 e. The summed E-state index contributed by atoms with van der Waals surface area (Å²) >= 11 is 0. The number of nitrogens with two attached hydrogens (primary N) is 1. The molecule has 0 radical (unpaired) electrons. The maximum atomic E-state index is 13.9. The summed E-state index contributed by atoms with van der Waals surface area (Å²) in [4.78, 5) is 25.6. The average Bonchev–Trinajstić information content (AvgIpc) is 3.54. The van der Waals surface area contributed by atoms with Crippen LogP contribution in [-0.2, 0) is 9.59 Å². The molecule has 5 rings (SSSR count). The monoisotopic (exact) mass is 455 g/mol. The molecule has 2 aliphatic carbocycles. The first-order chi connectivity index (χ1) is 15.9. The summed E-state index contributed by atoms with van der Waals surface area (Å²) in [6.07, 6.45) is 3.93. The molecule has 9 heteroatoms. The molecular weight excluding hydrogens is 428 g/mol. The number of anilines is 2. The quantitative estimate of drug-likeness (QED) is 0.446. The fourth-order valence-electron chi connectivity index (χ4n) is 5.16. The molecule has 1 saturated heterocycles. The Morgan fingerprint density at radius 2 is 1.70 bits per heavy atom. The third-order valence-corrected chi connectivity index (χ3v) is 7.20. The van der Waals surface area contributed by atoms with Gasteiger partial charge in [0.2, 0.25) is 11.8 Å². The molecule has 3 fully saturated rings. The molecule has 0 aromatic heterocycles. The number of nitrogens with one attached hydrogen (secondary N) is 4.